The number of sulfonamides is 1. The molecule has 0 radical (unpaired) electrons. The number of anilines is 2. The first-order chi connectivity index (χ1) is 12.8. The van der Waals surface area contributed by atoms with E-state index in [2.05, 4.69) is 42.3 Å². The molecule has 1 fully saturated rings. The Labute approximate surface area is 159 Å². The zero-order valence-electron chi connectivity index (χ0n) is 15.5. The van der Waals surface area contributed by atoms with Crippen LogP contribution in [0.5, 0.6) is 0 Å². The fourth-order valence-electron chi connectivity index (χ4n) is 3.84. The highest BCUT2D eigenvalue weighted by Crippen LogP contribution is 2.28. The molecular formula is C20H23N3O3S. The van der Waals surface area contributed by atoms with Crippen LogP contribution in [-0.4, -0.2) is 44.8 Å². The number of benzene rings is 2. The Balaban J connectivity index is 1.50. The second-order valence-electron chi connectivity index (χ2n) is 7.28. The molecule has 1 amide bonds. The van der Waals surface area contributed by atoms with Crippen LogP contribution in [0.2, 0.25) is 0 Å². The molecule has 0 aliphatic carbocycles. The van der Waals surface area contributed by atoms with Crippen LogP contribution in [0.1, 0.15) is 16.7 Å². The average Bonchev–Trinajstić information content (AvgIpc) is 3.00. The van der Waals surface area contributed by atoms with Crippen molar-refractivity contribution in [2.45, 2.75) is 25.2 Å². The number of nitrogens with zero attached hydrogens (tertiary/aromatic N) is 2. The van der Waals surface area contributed by atoms with Crippen LogP contribution in [0.15, 0.2) is 41.3 Å². The Kier molecular flexibility index (Phi) is 4.44. The van der Waals surface area contributed by atoms with E-state index in [1.165, 1.54) is 15.4 Å². The third-order valence-corrected chi connectivity index (χ3v) is 7.04. The SMILES string of the molecule is Cc1cc(C)cc(N2CCN(S(=O)(=O)c3ccc4c(c3)CC(=O)N4)CC2)c1. The molecule has 0 bridgehead atoms. The molecule has 1 N–H and O–H groups in total. The standard InChI is InChI=1S/C20H23N3O3S/c1-14-9-15(2)11-17(10-14)22-5-7-23(8-6-22)27(25,26)18-3-4-19-16(12-18)13-20(24)21-19/h3-4,9-12H,5-8,13H2,1-2H3,(H,21,24). The summed E-state index contributed by atoms with van der Waals surface area (Å²) in [4.78, 5) is 14.0. The van der Waals surface area contributed by atoms with Crippen molar-refractivity contribution in [2.24, 2.45) is 0 Å². The lowest BCUT2D eigenvalue weighted by Gasteiger charge is -2.35. The molecule has 2 aliphatic heterocycles. The molecule has 6 nitrogen and oxygen atoms in total. The van der Waals surface area contributed by atoms with Crippen LogP contribution < -0.4 is 10.2 Å². The maximum absolute atomic E-state index is 13.0. The molecule has 2 aromatic carbocycles. The largest absolute Gasteiger partial charge is 0.369 e. The van der Waals surface area contributed by atoms with Crippen LogP contribution in [0.4, 0.5) is 11.4 Å². The van der Waals surface area contributed by atoms with Gasteiger partial charge >= 0.3 is 0 Å². The number of amides is 1. The molecule has 7 heteroatoms. The fraction of sp³-hybridized carbons (Fsp3) is 0.350. The van der Waals surface area contributed by atoms with Gasteiger partial charge in [0, 0.05) is 37.6 Å². The molecule has 4 rings (SSSR count). The van der Waals surface area contributed by atoms with E-state index >= 15 is 0 Å². The Morgan fingerprint density at radius 1 is 0.926 bits per heavy atom. The lowest BCUT2D eigenvalue weighted by Crippen LogP contribution is -2.48. The maximum atomic E-state index is 13.0. The van der Waals surface area contributed by atoms with Crippen LogP contribution >= 0.6 is 0 Å². The number of aryl methyl sites for hydroxylation is 2. The van der Waals surface area contributed by atoms with E-state index in [0.717, 1.165) is 11.3 Å². The van der Waals surface area contributed by atoms with Gasteiger partial charge in [-0.15, -0.1) is 0 Å². The minimum absolute atomic E-state index is 0.0957. The Hall–Kier alpha value is -2.38. The van der Waals surface area contributed by atoms with Crippen molar-refractivity contribution in [3.63, 3.8) is 0 Å². The molecule has 142 valence electrons. The molecule has 2 aromatic rings. The summed E-state index contributed by atoms with van der Waals surface area (Å²) in [5.74, 6) is -0.0957. The number of hydrogen-bond acceptors (Lipinski definition) is 4. The van der Waals surface area contributed by atoms with Gasteiger partial charge in [-0.2, -0.15) is 4.31 Å². The minimum atomic E-state index is -3.56. The number of fused-ring (bicyclic) bond motifs is 1. The zero-order chi connectivity index (χ0) is 19.2. The zero-order valence-corrected chi connectivity index (χ0v) is 16.3. The number of carbonyl (C=O) groups is 1. The van der Waals surface area contributed by atoms with Crippen molar-refractivity contribution in [1.29, 1.82) is 0 Å². The summed E-state index contributed by atoms with van der Waals surface area (Å²) in [6.45, 7) is 6.36. The monoisotopic (exact) mass is 385 g/mol. The fourth-order valence-corrected chi connectivity index (χ4v) is 5.31. The molecule has 2 heterocycles. The summed E-state index contributed by atoms with van der Waals surface area (Å²) in [7, 11) is -3.56. The van der Waals surface area contributed by atoms with Gasteiger partial charge in [0.25, 0.3) is 0 Å². The van der Waals surface area contributed by atoms with Gasteiger partial charge in [-0.3, -0.25) is 4.79 Å². The van der Waals surface area contributed by atoms with Crippen molar-refractivity contribution in [3.8, 4) is 0 Å². The van der Waals surface area contributed by atoms with Crippen molar-refractivity contribution in [1.82, 2.24) is 4.31 Å². The Morgan fingerprint density at radius 3 is 2.26 bits per heavy atom. The highest BCUT2D eigenvalue weighted by Gasteiger charge is 2.30. The number of rotatable bonds is 3. The topological polar surface area (TPSA) is 69.7 Å². The van der Waals surface area contributed by atoms with Crippen molar-refractivity contribution < 1.29 is 13.2 Å². The molecule has 2 aliphatic rings. The van der Waals surface area contributed by atoms with Gasteiger partial charge in [0.2, 0.25) is 15.9 Å². The minimum Gasteiger partial charge on any atom is -0.369 e. The lowest BCUT2D eigenvalue weighted by atomic mass is 10.1. The smallest absolute Gasteiger partial charge is 0.243 e. The van der Waals surface area contributed by atoms with E-state index in [9.17, 15) is 13.2 Å². The normalized spacial score (nSPS) is 17.7. The highest BCUT2D eigenvalue weighted by atomic mass is 32.2. The maximum Gasteiger partial charge on any atom is 0.243 e. The summed E-state index contributed by atoms with van der Waals surface area (Å²) in [5, 5.41) is 2.73. The van der Waals surface area contributed by atoms with Gasteiger partial charge in [0.15, 0.2) is 0 Å². The molecule has 1 saturated heterocycles. The summed E-state index contributed by atoms with van der Waals surface area (Å²) < 4.78 is 27.6. The van der Waals surface area contributed by atoms with E-state index in [1.807, 2.05) is 0 Å². The van der Waals surface area contributed by atoms with Gasteiger partial charge in [-0.25, -0.2) is 8.42 Å². The third-order valence-electron chi connectivity index (χ3n) is 5.15. The van der Waals surface area contributed by atoms with Crippen molar-refractivity contribution in [2.75, 3.05) is 36.4 Å². The summed E-state index contributed by atoms with van der Waals surface area (Å²) in [6.07, 6.45) is 0.235. The van der Waals surface area contributed by atoms with Gasteiger partial charge in [-0.05, 0) is 60.9 Å². The quantitative estimate of drug-likeness (QED) is 0.880. The summed E-state index contributed by atoms with van der Waals surface area (Å²) >= 11 is 0. The van der Waals surface area contributed by atoms with Gasteiger partial charge in [0.1, 0.15) is 0 Å². The number of nitrogens with one attached hydrogen (secondary N) is 1. The van der Waals surface area contributed by atoms with Crippen molar-refractivity contribution >= 4 is 27.3 Å². The molecular weight excluding hydrogens is 362 g/mol. The van der Waals surface area contributed by atoms with E-state index < -0.39 is 10.0 Å². The van der Waals surface area contributed by atoms with E-state index in [-0.39, 0.29) is 17.2 Å². The van der Waals surface area contributed by atoms with E-state index in [4.69, 9.17) is 0 Å². The van der Waals surface area contributed by atoms with Crippen LogP contribution in [0.3, 0.4) is 0 Å². The predicted octanol–water partition coefficient (Wildman–Crippen LogP) is 2.31. The summed E-state index contributed by atoms with van der Waals surface area (Å²) in [6, 6.07) is 11.3. The van der Waals surface area contributed by atoms with Crippen LogP contribution in [-0.2, 0) is 21.2 Å². The average molecular weight is 385 g/mol. The van der Waals surface area contributed by atoms with Crippen molar-refractivity contribution in [3.05, 3.63) is 53.1 Å². The van der Waals surface area contributed by atoms with Crippen LogP contribution in [0, 0.1) is 13.8 Å². The molecule has 27 heavy (non-hydrogen) atoms. The lowest BCUT2D eigenvalue weighted by molar-refractivity contribution is -0.115. The first kappa shape index (κ1) is 18.0. The number of piperazine rings is 1. The predicted molar refractivity (Wildman–Crippen MR) is 106 cm³/mol. The van der Waals surface area contributed by atoms with Gasteiger partial charge < -0.3 is 10.2 Å². The first-order valence-corrected chi connectivity index (χ1v) is 10.5. The van der Waals surface area contributed by atoms with Gasteiger partial charge in [0.05, 0.1) is 11.3 Å². The summed E-state index contributed by atoms with van der Waals surface area (Å²) in [5.41, 5.74) is 5.02. The second kappa shape index (κ2) is 6.65. The molecule has 0 atom stereocenters. The molecule has 0 spiro atoms. The van der Waals surface area contributed by atoms with Gasteiger partial charge in [-0.1, -0.05) is 6.07 Å². The number of hydrogen-bond donors (Lipinski definition) is 1. The number of carbonyl (C=O) groups excluding carboxylic acids is 1. The molecule has 0 unspecified atom stereocenters. The second-order valence-corrected chi connectivity index (χ2v) is 9.22. The van der Waals surface area contributed by atoms with E-state index in [0.29, 0.717) is 31.9 Å². The molecule has 0 saturated carbocycles. The molecule has 0 aromatic heterocycles. The Morgan fingerprint density at radius 2 is 1.59 bits per heavy atom. The van der Waals surface area contributed by atoms with Crippen LogP contribution in [0.25, 0.3) is 0 Å². The highest BCUT2D eigenvalue weighted by molar-refractivity contribution is 7.89. The van der Waals surface area contributed by atoms with E-state index in [1.54, 1.807) is 18.2 Å². The first-order valence-electron chi connectivity index (χ1n) is 9.09. The Bertz CT molecular complexity index is 989. The third kappa shape index (κ3) is 3.44.